The molecule has 2 N–H and O–H groups in total. The van der Waals surface area contributed by atoms with Gasteiger partial charge >= 0.3 is 12.1 Å². The zero-order valence-electron chi connectivity index (χ0n) is 17.2. The van der Waals surface area contributed by atoms with Gasteiger partial charge in [0, 0.05) is 17.5 Å². The number of oxime groups is 1. The number of carbonyl (C=O) groups is 2. The number of esters is 1. The third-order valence-electron chi connectivity index (χ3n) is 5.37. The van der Waals surface area contributed by atoms with Crippen LogP contribution in [0.4, 0.5) is 17.6 Å². The van der Waals surface area contributed by atoms with Crippen molar-refractivity contribution >= 4 is 40.0 Å². The third-order valence-corrected chi connectivity index (χ3v) is 5.66. The van der Waals surface area contributed by atoms with Crippen LogP contribution in [0.1, 0.15) is 27.9 Å². The van der Waals surface area contributed by atoms with E-state index < -0.39 is 53.1 Å². The second-order valence-electron chi connectivity index (χ2n) is 7.51. The molecule has 11 heteroatoms. The number of fused-ring (bicyclic) bond motifs is 1. The lowest BCUT2D eigenvalue weighted by molar-refractivity contribution is -0.275. The van der Waals surface area contributed by atoms with Crippen molar-refractivity contribution in [1.82, 2.24) is 0 Å². The maximum atomic E-state index is 14.2. The fraction of sp³-hybridized carbons (Fsp3) is 0.174. The van der Waals surface area contributed by atoms with Gasteiger partial charge in [-0.15, -0.1) is 0 Å². The smallest absolute Gasteiger partial charge is 0.435 e. The van der Waals surface area contributed by atoms with Crippen LogP contribution in [-0.4, -0.2) is 30.4 Å². The number of amides is 1. The summed E-state index contributed by atoms with van der Waals surface area (Å²) < 4.78 is 61.1. The number of alkyl halides is 3. The van der Waals surface area contributed by atoms with Gasteiger partial charge in [0.1, 0.15) is 5.82 Å². The number of primary amides is 1. The predicted octanol–water partition coefficient (Wildman–Crippen LogP) is 4.86. The molecule has 1 atom stereocenters. The number of carbonyl (C=O) groups excluding carboxylic acids is 2. The van der Waals surface area contributed by atoms with E-state index in [0.29, 0.717) is 16.3 Å². The molecule has 0 saturated heterocycles. The van der Waals surface area contributed by atoms with E-state index in [-0.39, 0.29) is 11.3 Å². The molecule has 1 aliphatic rings. The Labute approximate surface area is 194 Å². The summed E-state index contributed by atoms with van der Waals surface area (Å²) in [6.45, 7) is -0.621. The SMILES string of the molecule is NC(=O)COC(=O)c1ccc(C2=NOC(c3ccc(F)c(Cl)c3)(C(F)(F)F)C2)c2ccccc12. The van der Waals surface area contributed by atoms with Crippen LogP contribution in [-0.2, 0) is 20.0 Å². The zero-order chi connectivity index (χ0) is 24.7. The van der Waals surface area contributed by atoms with E-state index in [0.717, 1.165) is 18.2 Å². The van der Waals surface area contributed by atoms with Crippen molar-refractivity contribution < 1.29 is 36.7 Å². The minimum atomic E-state index is -4.91. The van der Waals surface area contributed by atoms with Crippen molar-refractivity contribution in [2.75, 3.05) is 6.61 Å². The standard InChI is InChI=1S/C23H15ClF4N2O4/c24-17-9-12(5-8-18(17)25)22(23(26,27)28)10-19(30-34-22)15-6-7-16(21(32)33-11-20(29)31)14-4-2-1-3-13(14)15/h1-9H,10-11H2,(H2,29,31). The van der Waals surface area contributed by atoms with E-state index in [1.165, 1.54) is 12.1 Å². The Morgan fingerprint density at radius 3 is 2.47 bits per heavy atom. The summed E-state index contributed by atoms with van der Waals surface area (Å²) in [6, 6.07) is 11.8. The lowest BCUT2D eigenvalue weighted by atomic mass is 9.85. The van der Waals surface area contributed by atoms with Gasteiger partial charge in [-0.3, -0.25) is 4.79 Å². The molecule has 1 unspecified atom stereocenters. The summed E-state index contributed by atoms with van der Waals surface area (Å²) in [5, 5.41) is 4.02. The number of ether oxygens (including phenoxy) is 1. The maximum Gasteiger partial charge on any atom is 0.435 e. The van der Waals surface area contributed by atoms with Gasteiger partial charge in [0.05, 0.1) is 16.3 Å². The highest BCUT2D eigenvalue weighted by Crippen LogP contribution is 2.49. The largest absolute Gasteiger partial charge is 0.452 e. The Bertz CT molecular complexity index is 1340. The summed E-state index contributed by atoms with van der Waals surface area (Å²) in [6.07, 6.45) is -5.62. The van der Waals surface area contributed by atoms with Crippen LogP contribution in [0.15, 0.2) is 59.8 Å². The first kappa shape index (κ1) is 23.5. The Morgan fingerprint density at radius 1 is 1.12 bits per heavy atom. The zero-order valence-corrected chi connectivity index (χ0v) is 17.9. The van der Waals surface area contributed by atoms with E-state index in [1.807, 2.05) is 0 Å². The molecule has 0 aromatic heterocycles. The van der Waals surface area contributed by atoms with Gasteiger partial charge in [0.25, 0.3) is 11.5 Å². The van der Waals surface area contributed by atoms with Gasteiger partial charge in [0.2, 0.25) is 0 Å². The predicted molar refractivity (Wildman–Crippen MR) is 115 cm³/mol. The molecule has 0 radical (unpaired) electrons. The maximum absolute atomic E-state index is 14.2. The van der Waals surface area contributed by atoms with Crippen LogP contribution in [0.3, 0.4) is 0 Å². The van der Waals surface area contributed by atoms with Gasteiger partial charge in [-0.25, -0.2) is 9.18 Å². The molecule has 0 fully saturated rings. The summed E-state index contributed by atoms with van der Waals surface area (Å²) in [4.78, 5) is 28.3. The molecule has 3 aromatic rings. The minimum absolute atomic E-state index is 0.0361. The first-order chi connectivity index (χ1) is 16.0. The van der Waals surface area contributed by atoms with Crippen LogP contribution in [0, 0.1) is 5.82 Å². The topological polar surface area (TPSA) is 91.0 Å². The number of halogens is 5. The molecule has 34 heavy (non-hydrogen) atoms. The van der Waals surface area contributed by atoms with Crippen LogP contribution in [0.5, 0.6) is 0 Å². The minimum Gasteiger partial charge on any atom is -0.452 e. The highest BCUT2D eigenvalue weighted by molar-refractivity contribution is 6.30. The van der Waals surface area contributed by atoms with Crippen molar-refractivity contribution in [3.05, 3.63) is 82.1 Å². The molecule has 1 aliphatic heterocycles. The molecule has 0 spiro atoms. The average Bonchev–Trinajstić information content (AvgIpc) is 3.25. The molecule has 1 heterocycles. The average molecular weight is 495 g/mol. The van der Waals surface area contributed by atoms with Gasteiger partial charge in [0.15, 0.2) is 6.61 Å². The second-order valence-corrected chi connectivity index (χ2v) is 7.92. The van der Waals surface area contributed by atoms with Crippen LogP contribution < -0.4 is 5.73 Å². The summed E-state index contributed by atoms with van der Waals surface area (Å²) >= 11 is 5.72. The summed E-state index contributed by atoms with van der Waals surface area (Å²) in [7, 11) is 0. The summed E-state index contributed by atoms with van der Waals surface area (Å²) in [5.41, 5.74) is 2.07. The number of benzene rings is 3. The fourth-order valence-electron chi connectivity index (χ4n) is 3.74. The molecule has 6 nitrogen and oxygen atoms in total. The van der Waals surface area contributed by atoms with E-state index >= 15 is 0 Å². The monoisotopic (exact) mass is 494 g/mol. The normalized spacial score (nSPS) is 17.9. The molecular weight excluding hydrogens is 480 g/mol. The lowest BCUT2D eigenvalue weighted by Gasteiger charge is -2.29. The Balaban J connectivity index is 1.76. The van der Waals surface area contributed by atoms with E-state index in [9.17, 15) is 27.2 Å². The molecule has 0 bridgehead atoms. The highest BCUT2D eigenvalue weighted by Gasteiger charge is 2.62. The number of nitrogens with zero attached hydrogens (tertiary/aromatic N) is 1. The van der Waals surface area contributed by atoms with Crippen molar-refractivity contribution in [3.63, 3.8) is 0 Å². The van der Waals surface area contributed by atoms with Crippen molar-refractivity contribution in [3.8, 4) is 0 Å². The molecular formula is C23H15ClF4N2O4. The van der Waals surface area contributed by atoms with E-state index in [4.69, 9.17) is 26.9 Å². The lowest BCUT2D eigenvalue weighted by Crippen LogP contribution is -2.42. The third kappa shape index (κ3) is 4.05. The Hall–Kier alpha value is -3.66. The molecule has 0 aliphatic carbocycles. The Kier molecular flexibility index (Phi) is 5.94. The van der Waals surface area contributed by atoms with Crippen LogP contribution in [0.25, 0.3) is 10.8 Å². The highest BCUT2D eigenvalue weighted by atomic mass is 35.5. The van der Waals surface area contributed by atoms with Crippen molar-refractivity contribution in [1.29, 1.82) is 0 Å². The second kappa shape index (κ2) is 8.60. The van der Waals surface area contributed by atoms with E-state index in [2.05, 4.69) is 5.16 Å². The number of rotatable bonds is 5. The molecule has 3 aromatic carbocycles. The molecule has 4 rings (SSSR count). The molecule has 0 saturated carbocycles. The Morgan fingerprint density at radius 2 is 1.82 bits per heavy atom. The van der Waals surface area contributed by atoms with Gasteiger partial charge in [-0.05, 0) is 29.0 Å². The molecule has 1 amide bonds. The van der Waals surface area contributed by atoms with Crippen molar-refractivity contribution in [2.24, 2.45) is 10.9 Å². The number of hydrogen-bond acceptors (Lipinski definition) is 5. The first-order valence-corrected chi connectivity index (χ1v) is 10.2. The fourth-order valence-corrected chi connectivity index (χ4v) is 3.92. The number of nitrogens with two attached hydrogens (primary N) is 1. The number of hydrogen-bond donors (Lipinski definition) is 1. The van der Waals surface area contributed by atoms with Gasteiger partial charge in [-0.2, -0.15) is 13.2 Å². The molecule has 176 valence electrons. The van der Waals surface area contributed by atoms with E-state index in [1.54, 1.807) is 24.3 Å². The first-order valence-electron chi connectivity index (χ1n) is 9.78. The van der Waals surface area contributed by atoms with Gasteiger partial charge in [-0.1, -0.05) is 53.2 Å². The quantitative estimate of drug-likeness (QED) is 0.405. The summed E-state index contributed by atoms with van der Waals surface area (Å²) in [5.74, 6) is -2.53. The van der Waals surface area contributed by atoms with Gasteiger partial charge < -0.3 is 15.3 Å². The van der Waals surface area contributed by atoms with Crippen molar-refractivity contribution in [2.45, 2.75) is 18.2 Å². The van der Waals surface area contributed by atoms with Crippen LogP contribution >= 0.6 is 11.6 Å². The van der Waals surface area contributed by atoms with Crippen LogP contribution in [0.2, 0.25) is 5.02 Å².